The Morgan fingerprint density at radius 1 is 1.35 bits per heavy atom. The molecule has 1 saturated carbocycles. The molecule has 2 rings (SSSR count). The van der Waals surface area contributed by atoms with E-state index < -0.39 is 0 Å². The van der Waals surface area contributed by atoms with E-state index in [-0.39, 0.29) is 11.2 Å². The van der Waals surface area contributed by atoms with E-state index in [9.17, 15) is 4.39 Å². The Labute approximate surface area is 112 Å². The minimum atomic E-state index is -0.261. The quantitative estimate of drug-likeness (QED) is 0.625. The van der Waals surface area contributed by atoms with E-state index >= 15 is 0 Å². The van der Waals surface area contributed by atoms with Crippen molar-refractivity contribution in [2.75, 3.05) is 0 Å². The summed E-state index contributed by atoms with van der Waals surface area (Å²) in [6, 6.07) is 3.15. The van der Waals surface area contributed by atoms with Crippen LogP contribution in [0.4, 0.5) is 4.39 Å². The first-order valence-electron chi connectivity index (χ1n) is 6.17. The van der Waals surface area contributed by atoms with Crippen LogP contribution in [0.2, 0.25) is 5.02 Å². The Bertz CT molecular complexity index is 397. The molecule has 0 spiro atoms. The Morgan fingerprint density at radius 2 is 2.00 bits per heavy atom. The van der Waals surface area contributed by atoms with Crippen LogP contribution >= 0.6 is 23.2 Å². The number of hydrogen-bond acceptors (Lipinski definition) is 0. The molecule has 1 aromatic carbocycles. The number of rotatable bonds is 3. The smallest absolute Gasteiger partial charge is 0.127 e. The van der Waals surface area contributed by atoms with Gasteiger partial charge in [0.05, 0.1) is 5.38 Å². The van der Waals surface area contributed by atoms with Gasteiger partial charge in [-0.3, -0.25) is 0 Å². The van der Waals surface area contributed by atoms with Gasteiger partial charge in [0.2, 0.25) is 0 Å². The number of halogens is 3. The molecule has 0 amide bonds. The molecule has 0 heterocycles. The molecule has 1 unspecified atom stereocenters. The molecule has 1 atom stereocenters. The summed E-state index contributed by atoms with van der Waals surface area (Å²) < 4.78 is 13.3. The molecule has 1 aliphatic carbocycles. The minimum absolute atomic E-state index is 0.0927. The van der Waals surface area contributed by atoms with Crippen molar-refractivity contribution in [2.24, 2.45) is 5.92 Å². The van der Waals surface area contributed by atoms with Crippen molar-refractivity contribution in [3.63, 3.8) is 0 Å². The molecular formula is C14H17Cl2F. The zero-order chi connectivity index (χ0) is 12.4. The van der Waals surface area contributed by atoms with Crippen LogP contribution in [-0.2, 0) is 0 Å². The molecule has 1 fully saturated rings. The van der Waals surface area contributed by atoms with Crippen molar-refractivity contribution in [1.29, 1.82) is 0 Å². The van der Waals surface area contributed by atoms with Gasteiger partial charge in [-0.2, -0.15) is 0 Å². The van der Waals surface area contributed by atoms with Gasteiger partial charge >= 0.3 is 0 Å². The molecule has 0 aromatic heterocycles. The van der Waals surface area contributed by atoms with E-state index in [1.807, 2.05) is 0 Å². The Hall–Kier alpha value is -0.270. The number of alkyl halides is 1. The summed E-state index contributed by atoms with van der Waals surface area (Å²) >= 11 is 12.5. The van der Waals surface area contributed by atoms with E-state index in [0.717, 1.165) is 12.0 Å². The summed E-state index contributed by atoms with van der Waals surface area (Å²) in [6.45, 7) is 1.74. The van der Waals surface area contributed by atoms with Crippen LogP contribution in [0.3, 0.4) is 0 Å². The minimum Gasteiger partial charge on any atom is -0.207 e. The van der Waals surface area contributed by atoms with Gasteiger partial charge in [-0.25, -0.2) is 4.39 Å². The highest BCUT2D eigenvalue weighted by atomic mass is 35.5. The fourth-order valence-corrected chi connectivity index (χ4v) is 3.36. The molecule has 0 nitrogen and oxygen atoms in total. The molecule has 1 aromatic rings. The highest BCUT2D eigenvalue weighted by Crippen LogP contribution is 2.39. The largest absolute Gasteiger partial charge is 0.207 e. The van der Waals surface area contributed by atoms with Gasteiger partial charge in [-0.15, -0.1) is 11.6 Å². The Kier molecular flexibility index (Phi) is 4.32. The molecule has 3 heteroatoms. The van der Waals surface area contributed by atoms with Gasteiger partial charge in [-0.05, 0) is 36.5 Å². The van der Waals surface area contributed by atoms with Crippen molar-refractivity contribution in [1.82, 2.24) is 0 Å². The van der Waals surface area contributed by atoms with Crippen molar-refractivity contribution in [3.05, 3.63) is 34.1 Å². The fraction of sp³-hybridized carbons (Fsp3) is 0.571. The van der Waals surface area contributed by atoms with Crippen LogP contribution in [0, 0.1) is 18.7 Å². The highest BCUT2D eigenvalue weighted by Gasteiger charge is 2.21. The van der Waals surface area contributed by atoms with Gasteiger partial charge in [0.15, 0.2) is 0 Å². The summed E-state index contributed by atoms with van der Waals surface area (Å²) in [5, 5.41) is 0.357. The van der Waals surface area contributed by atoms with E-state index in [1.54, 1.807) is 13.0 Å². The van der Waals surface area contributed by atoms with Gasteiger partial charge in [0.1, 0.15) is 5.82 Å². The summed E-state index contributed by atoms with van der Waals surface area (Å²) in [6.07, 6.45) is 6.10. The second-order valence-corrected chi connectivity index (χ2v) is 5.91. The molecular weight excluding hydrogens is 258 g/mol. The average molecular weight is 275 g/mol. The SMILES string of the molecule is Cc1cc(C(Cl)CC2CCCC2)c(Cl)cc1F. The lowest BCUT2D eigenvalue weighted by atomic mass is 9.97. The maximum absolute atomic E-state index is 13.3. The Balaban J connectivity index is 2.12. The molecule has 0 saturated heterocycles. The highest BCUT2D eigenvalue weighted by molar-refractivity contribution is 6.32. The molecule has 0 aliphatic heterocycles. The van der Waals surface area contributed by atoms with Crippen LogP contribution < -0.4 is 0 Å². The van der Waals surface area contributed by atoms with Gasteiger partial charge in [0.25, 0.3) is 0 Å². The maximum Gasteiger partial charge on any atom is 0.127 e. The molecule has 17 heavy (non-hydrogen) atoms. The molecule has 1 aliphatic rings. The van der Waals surface area contributed by atoms with E-state index in [1.165, 1.54) is 31.7 Å². The third-order valence-electron chi connectivity index (χ3n) is 3.63. The van der Waals surface area contributed by atoms with Gasteiger partial charge in [0, 0.05) is 5.02 Å². The van der Waals surface area contributed by atoms with Crippen molar-refractivity contribution in [2.45, 2.75) is 44.4 Å². The van der Waals surface area contributed by atoms with E-state index in [4.69, 9.17) is 23.2 Å². The lowest BCUT2D eigenvalue weighted by Crippen LogP contribution is -2.01. The topological polar surface area (TPSA) is 0 Å². The van der Waals surface area contributed by atoms with Crippen molar-refractivity contribution >= 4 is 23.2 Å². The number of benzene rings is 1. The third-order valence-corrected chi connectivity index (χ3v) is 4.37. The summed E-state index contributed by atoms with van der Waals surface area (Å²) in [5.41, 5.74) is 1.49. The first-order valence-corrected chi connectivity index (χ1v) is 6.99. The third kappa shape index (κ3) is 3.14. The zero-order valence-electron chi connectivity index (χ0n) is 9.98. The molecule has 0 bridgehead atoms. The van der Waals surface area contributed by atoms with Gasteiger partial charge < -0.3 is 0 Å². The van der Waals surface area contributed by atoms with E-state index in [2.05, 4.69) is 0 Å². The first-order chi connectivity index (χ1) is 8.08. The fourth-order valence-electron chi connectivity index (χ4n) is 2.59. The normalized spacial score (nSPS) is 18.6. The van der Waals surface area contributed by atoms with E-state index in [0.29, 0.717) is 16.5 Å². The maximum atomic E-state index is 13.3. The second kappa shape index (κ2) is 5.58. The number of hydrogen-bond donors (Lipinski definition) is 0. The summed E-state index contributed by atoms with van der Waals surface area (Å²) in [7, 11) is 0. The Morgan fingerprint density at radius 3 is 2.65 bits per heavy atom. The van der Waals surface area contributed by atoms with Crippen LogP contribution in [0.1, 0.15) is 48.6 Å². The van der Waals surface area contributed by atoms with Crippen LogP contribution in [0.25, 0.3) is 0 Å². The van der Waals surface area contributed by atoms with Crippen molar-refractivity contribution in [3.8, 4) is 0 Å². The first kappa shape index (κ1) is 13.2. The predicted octanol–water partition coefficient (Wildman–Crippen LogP) is 5.65. The summed E-state index contributed by atoms with van der Waals surface area (Å²) in [5.74, 6) is 0.447. The number of aryl methyl sites for hydroxylation is 1. The zero-order valence-corrected chi connectivity index (χ0v) is 11.5. The standard InChI is InChI=1S/C14H17Cl2F/c1-9-6-11(13(16)8-14(9)17)12(15)7-10-4-2-3-5-10/h6,8,10,12H,2-5,7H2,1H3. The lowest BCUT2D eigenvalue weighted by molar-refractivity contribution is 0.495. The van der Waals surface area contributed by atoms with Gasteiger partial charge in [-0.1, -0.05) is 43.4 Å². The molecule has 94 valence electrons. The van der Waals surface area contributed by atoms with Crippen LogP contribution in [-0.4, -0.2) is 0 Å². The van der Waals surface area contributed by atoms with Crippen LogP contribution in [0.15, 0.2) is 12.1 Å². The van der Waals surface area contributed by atoms with Crippen molar-refractivity contribution < 1.29 is 4.39 Å². The van der Waals surface area contributed by atoms with Crippen LogP contribution in [0.5, 0.6) is 0 Å². The second-order valence-electron chi connectivity index (χ2n) is 4.98. The molecule has 0 radical (unpaired) electrons. The molecule has 0 N–H and O–H groups in total. The average Bonchev–Trinajstić information content (AvgIpc) is 2.76. The monoisotopic (exact) mass is 274 g/mol. The lowest BCUT2D eigenvalue weighted by Gasteiger charge is -2.16. The predicted molar refractivity (Wildman–Crippen MR) is 71.3 cm³/mol. The summed E-state index contributed by atoms with van der Waals surface area (Å²) in [4.78, 5) is 0.